The molecule has 2 saturated heterocycles. The van der Waals surface area contributed by atoms with E-state index in [2.05, 4.69) is 27.0 Å². The molecule has 2 aromatic rings. The Morgan fingerprint density at radius 3 is 2.59 bits per heavy atom. The monoisotopic (exact) mass is 394 g/mol. The second-order valence-corrected chi connectivity index (χ2v) is 7.99. The number of likely N-dealkylation sites (tertiary alicyclic amines) is 1. The molecule has 154 valence electrons. The highest BCUT2D eigenvalue weighted by Crippen LogP contribution is 2.25. The Morgan fingerprint density at radius 2 is 1.93 bits per heavy atom. The number of aromatic nitrogens is 1. The van der Waals surface area contributed by atoms with Crippen molar-refractivity contribution in [1.29, 1.82) is 0 Å². The zero-order valence-electron chi connectivity index (χ0n) is 17.1. The molecular formula is C23H30N4O2. The van der Waals surface area contributed by atoms with Crippen LogP contribution in [0.2, 0.25) is 0 Å². The zero-order valence-corrected chi connectivity index (χ0v) is 17.1. The summed E-state index contributed by atoms with van der Waals surface area (Å²) in [5, 5.41) is 3.02. The number of amides is 1. The maximum Gasteiger partial charge on any atom is 0.231 e. The third kappa shape index (κ3) is 5.07. The number of rotatable bonds is 7. The van der Waals surface area contributed by atoms with Gasteiger partial charge in [0.1, 0.15) is 11.9 Å². The van der Waals surface area contributed by atoms with Crippen molar-refractivity contribution in [2.45, 2.75) is 32.3 Å². The van der Waals surface area contributed by atoms with Crippen LogP contribution in [0.1, 0.15) is 26.2 Å². The van der Waals surface area contributed by atoms with Gasteiger partial charge in [-0.05, 0) is 62.2 Å². The van der Waals surface area contributed by atoms with Gasteiger partial charge in [0, 0.05) is 38.1 Å². The van der Waals surface area contributed by atoms with Crippen LogP contribution in [0.4, 0.5) is 11.4 Å². The van der Waals surface area contributed by atoms with Gasteiger partial charge in [-0.25, -0.2) is 0 Å². The second-order valence-electron chi connectivity index (χ2n) is 7.99. The van der Waals surface area contributed by atoms with Gasteiger partial charge in [0.15, 0.2) is 0 Å². The molecule has 6 heteroatoms. The smallest absolute Gasteiger partial charge is 0.231 e. The Hall–Kier alpha value is -2.60. The van der Waals surface area contributed by atoms with E-state index in [1.54, 1.807) is 6.20 Å². The first kappa shape index (κ1) is 19.7. The number of ether oxygens (including phenoxy) is 1. The predicted octanol–water partition coefficient (Wildman–Crippen LogP) is 3.41. The lowest BCUT2D eigenvalue weighted by Crippen LogP contribution is -2.52. The van der Waals surface area contributed by atoms with Crippen molar-refractivity contribution in [3.63, 3.8) is 0 Å². The molecule has 3 heterocycles. The van der Waals surface area contributed by atoms with Crippen molar-refractivity contribution in [2.75, 3.05) is 42.9 Å². The lowest BCUT2D eigenvalue weighted by Gasteiger charge is -2.39. The normalized spacial score (nSPS) is 18.3. The fourth-order valence-electron chi connectivity index (χ4n) is 4.02. The zero-order chi connectivity index (χ0) is 20.1. The minimum absolute atomic E-state index is 0.0134. The number of carbonyl (C=O) groups is 1. The van der Waals surface area contributed by atoms with E-state index in [1.165, 1.54) is 13.0 Å². The van der Waals surface area contributed by atoms with Crippen LogP contribution in [0.5, 0.6) is 5.75 Å². The molecule has 0 radical (unpaired) electrons. The largest absolute Gasteiger partial charge is 0.490 e. The highest BCUT2D eigenvalue weighted by Gasteiger charge is 2.32. The Labute approximate surface area is 172 Å². The Bertz CT molecular complexity index is 782. The molecule has 0 bridgehead atoms. The van der Waals surface area contributed by atoms with E-state index in [-0.39, 0.29) is 17.9 Å². The highest BCUT2D eigenvalue weighted by molar-refractivity contribution is 5.94. The molecule has 0 unspecified atom stereocenters. The first-order chi connectivity index (χ1) is 14.2. The Morgan fingerprint density at radius 1 is 1.17 bits per heavy atom. The van der Waals surface area contributed by atoms with Gasteiger partial charge in [0.2, 0.25) is 5.91 Å². The van der Waals surface area contributed by atoms with Crippen LogP contribution in [-0.2, 0) is 4.79 Å². The summed E-state index contributed by atoms with van der Waals surface area (Å²) in [5.74, 6) is 0.963. The van der Waals surface area contributed by atoms with Crippen LogP contribution in [0, 0.1) is 5.92 Å². The summed E-state index contributed by atoms with van der Waals surface area (Å²) >= 11 is 0. The van der Waals surface area contributed by atoms with Crippen molar-refractivity contribution < 1.29 is 9.53 Å². The van der Waals surface area contributed by atoms with E-state index in [0.29, 0.717) is 0 Å². The summed E-state index contributed by atoms with van der Waals surface area (Å²) in [6.07, 6.45) is 7.25. The number of nitrogens with zero attached hydrogens (tertiary/aromatic N) is 3. The molecule has 0 aliphatic carbocycles. The third-order valence-corrected chi connectivity index (χ3v) is 5.76. The van der Waals surface area contributed by atoms with Gasteiger partial charge in [-0.1, -0.05) is 6.92 Å². The van der Waals surface area contributed by atoms with Crippen molar-refractivity contribution >= 4 is 17.3 Å². The second kappa shape index (κ2) is 9.27. The highest BCUT2D eigenvalue weighted by atomic mass is 16.5. The van der Waals surface area contributed by atoms with Crippen LogP contribution in [0.15, 0.2) is 48.8 Å². The first-order valence-electron chi connectivity index (χ1n) is 10.7. The number of carbonyl (C=O) groups excluding carboxylic acids is 1. The van der Waals surface area contributed by atoms with Crippen LogP contribution >= 0.6 is 0 Å². The molecule has 0 spiro atoms. The molecule has 1 aromatic carbocycles. The van der Waals surface area contributed by atoms with Gasteiger partial charge in [-0.2, -0.15) is 0 Å². The first-order valence-corrected chi connectivity index (χ1v) is 10.7. The van der Waals surface area contributed by atoms with Gasteiger partial charge in [0.25, 0.3) is 0 Å². The molecule has 6 nitrogen and oxygen atoms in total. The average Bonchev–Trinajstić information content (AvgIpc) is 2.71. The number of hydrogen-bond donors (Lipinski definition) is 1. The summed E-state index contributed by atoms with van der Waals surface area (Å²) in [7, 11) is 0. The van der Waals surface area contributed by atoms with Crippen LogP contribution < -0.4 is 15.0 Å². The van der Waals surface area contributed by atoms with Gasteiger partial charge in [0.05, 0.1) is 17.8 Å². The summed E-state index contributed by atoms with van der Waals surface area (Å²) in [5.41, 5.74) is 1.89. The molecule has 29 heavy (non-hydrogen) atoms. The Balaban J connectivity index is 1.21. The molecule has 1 N–H and O–H groups in total. The van der Waals surface area contributed by atoms with Gasteiger partial charge in [-0.15, -0.1) is 0 Å². The van der Waals surface area contributed by atoms with Gasteiger partial charge in [-0.3, -0.25) is 9.78 Å². The maximum absolute atomic E-state index is 12.5. The number of nitrogens with one attached hydrogen (secondary N) is 1. The molecule has 4 rings (SSSR count). The third-order valence-electron chi connectivity index (χ3n) is 5.76. The predicted molar refractivity (Wildman–Crippen MR) is 115 cm³/mol. The van der Waals surface area contributed by atoms with Crippen molar-refractivity contribution in [2.24, 2.45) is 5.92 Å². The summed E-state index contributed by atoms with van der Waals surface area (Å²) in [6, 6.07) is 11.7. The van der Waals surface area contributed by atoms with E-state index >= 15 is 0 Å². The van der Waals surface area contributed by atoms with Crippen LogP contribution in [-0.4, -0.2) is 54.6 Å². The van der Waals surface area contributed by atoms with Crippen LogP contribution in [0.3, 0.4) is 0 Å². The topological polar surface area (TPSA) is 57.7 Å². The fraction of sp³-hybridized carbons (Fsp3) is 0.478. The summed E-state index contributed by atoms with van der Waals surface area (Å²) in [4.78, 5) is 21.3. The molecule has 2 aliphatic heterocycles. The SMILES string of the molecule is CCCN1CCC(Oc2ccc(NC(=O)C3CN(c4cccnc4)C3)cc2)CC1. The van der Waals surface area contributed by atoms with Gasteiger partial charge < -0.3 is 19.9 Å². The fourth-order valence-corrected chi connectivity index (χ4v) is 4.02. The minimum atomic E-state index is 0.0134. The van der Waals surface area contributed by atoms with Crippen molar-refractivity contribution in [1.82, 2.24) is 9.88 Å². The van der Waals surface area contributed by atoms with E-state index in [1.807, 2.05) is 42.6 Å². The minimum Gasteiger partial charge on any atom is -0.490 e. The summed E-state index contributed by atoms with van der Waals surface area (Å²) < 4.78 is 6.13. The number of pyridine rings is 1. The molecular weight excluding hydrogens is 364 g/mol. The van der Waals surface area contributed by atoms with E-state index < -0.39 is 0 Å². The van der Waals surface area contributed by atoms with Gasteiger partial charge >= 0.3 is 0 Å². The standard InChI is InChI=1S/C23H30N4O2/c1-2-12-26-13-9-22(10-14-26)29-21-7-5-19(6-8-21)25-23(28)18-16-27(17-18)20-4-3-11-24-15-20/h3-8,11,15,18,22H,2,9-10,12-14,16-17H2,1H3,(H,25,28). The lowest BCUT2D eigenvalue weighted by molar-refractivity contribution is -0.120. The van der Waals surface area contributed by atoms with E-state index in [0.717, 1.165) is 56.1 Å². The lowest BCUT2D eigenvalue weighted by atomic mass is 9.98. The molecule has 1 amide bonds. The molecule has 0 atom stereocenters. The summed E-state index contributed by atoms with van der Waals surface area (Å²) in [6.45, 7) is 7.10. The van der Waals surface area contributed by atoms with E-state index in [9.17, 15) is 4.79 Å². The molecule has 1 aromatic heterocycles. The number of anilines is 2. The number of benzene rings is 1. The number of piperidine rings is 1. The Kier molecular flexibility index (Phi) is 6.30. The molecule has 2 fully saturated rings. The van der Waals surface area contributed by atoms with Crippen molar-refractivity contribution in [3.8, 4) is 5.75 Å². The molecule has 0 saturated carbocycles. The quantitative estimate of drug-likeness (QED) is 0.780. The maximum atomic E-state index is 12.5. The van der Waals surface area contributed by atoms with Crippen molar-refractivity contribution in [3.05, 3.63) is 48.8 Å². The van der Waals surface area contributed by atoms with E-state index in [4.69, 9.17) is 4.74 Å². The van der Waals surface area contributed by atoms with Crippen LogP contribution in [0.25, 0.3) is 0 Å². The molecule has 2 aliphatic rings. The number of hydrogen-bond acceptors (Lipinski definition) is 5. The average molecular weight is 395 g/mol.